The smallest absolute Gasteiger partial charge is 0.338 e. The number of ketones is 1. The number of carbonyl (C=O) groups excluding carboxylic acids is 1. The Morgan fingerprint density at radius 1 is 1.03 bits per heavy atom. The first-order valence-electron chi connectivity index (χ1n) is 10.0. The molecule has 1 atom stereocenters. The van der Waals surface area contributed by atoms with Crippen molar-refractivity contribution in [2.75, 3.05) is 4.31 Å². The number of hydrogen-bond acceptors (Lipinski definition) is 5. The second kappa shape index (κ2) is 9.95. The van der Waals surface area contributed by atoms with Crippen molar-refractivity contribution in [1.29, 1.82) is 5.26 Å². The molecular formula is C25H20F2N2O4S. The van der Waals surface area contributed by atoms with Crippen molar-refractivity contribution in [3.05, 3.63) is 108 Å². The van der Waals surface area contributed by atoms with Crippen LogP contribution in [0.15, 0.2) is 96.0 Å². The minimum atomic E-state index is -4.38. The molecule has 1 unspecified atom stereocenters. The highest BCUT2D eigenvalue weighted by atomic mass is 32.2. The topological polar surface area (TPSA) is 98.5 Å². The summed E-state index contributed by atoms with van der Waals surface area (Å²) < 4.78 is 56.7. The number of carbonyl (C=O) groups is 1. The number of alkyl halides is 2. The van der Waals surface area contributed by atoms with Crippen molar-refractivity contribution in [3.63, 3.8) is 0 Å². The van der Waals surface area contributed by atoms with Crippen molar-refractivity contribution in [1.82, 2.24) is 0 Å². The van der Waals surface area contributed by atoms with Crippen LogP contribution in [0.2, 0.25) is 0 Å². The van der Waals surface area contributed by atoms with Gasteiger partial charge in [-0.25, -0.2) is 12.7 Å². The van der Waals surface area contributed by atoms with E-state index in [1.165, 1.54) is 60.7 Å². The van der Waals surface area contributed by atoms with Gasteiger partial charge in [0, 0.05) is 12.3 Å². The van der Waals surface area contributed by atoms with E-state index in [-0.39, 0.29) is 21.7 Å². The predicted octanol–water partition coefficient (Wildman–Crippen LogP) is 4.51. The van der Waals surface area contributed by atoms with Crippen LogP contribution in [0.25, 0.3) is 0 Å². The average Bonchev–Trinajstić information content (AvgIpc) is 2.84. The highest BCUT2D eigenvalue weighted by Gasteiger charge is 2.46. The van der Waals surface area contributed by atoms with E-state index in [2.05, 4.69) is 0 Å². The van der Waals surface area contributed by atoms with Crippen LogP contribution in [0.4, 0.5) is 14.5 Å². The second-order valence-electron chi connectivity index (χ2n) is 7.36. The van der Waals surface area contributed by atoms with E-state index in [4.69, 9.17) is 0 Å². The summed E-state index contributed by atoms with van der Waals surface area (Å²) in [7, 11) is -4.38. The van der Waals surface area contributed by atoms with E-state index in [0.29, 0.717) is 16.6 Å². The summed E-state index contributed by atoms with van der Waals surface area (Å²) in [4.78, 5) is 12.2. The molecule has 0 bridgehead atoms. The molecule has 0 radical (unpaired) electrons. The van der Waals surface area contributed by atoms with E-state index in [1.54, 1.807) is 25.1 Å². The summed E-state index contributed by atoms with van der Waals surface area (Å²) in [6.07, 6.45) is -1.38. The van der Waals surface area contributed by atoms with Crippen molar-refractivity contribution >= 4 is 21.5 Å². The lowest BCUT2D eigenvalue weighted by atomic mass is 10.0. The minimum absolute atomic E-state index is 0.0497. The quantitative estimate of drug-likeness (QED) is 0.476. The molecule has 0 aliphatic rings. The molecule has 34 heavy (non-hydrogen) atoms. The number of aliphatic hydroxyl groups excluding tert-OH is 1. The molecule has 174 valence electrons. The van der Waals surface area contributed by atoms with Gasteiger partial charge in [-0.2, -0.15) is 14.0 Å². The Hall–Kier alpha value is -3.87. The molecule has 0 fully saturated rings. The molecule has 3 aromatic rings. The Morgan fingerprint density at radius 2 is 1.62 bits per heavy atom. The summed E-state index contributed by atoms with van der Waals surface area (Å²) >= 11 is 0. The highest BCUT2D eigenvalue weighted by Crippen LogP contribution is 2.33. The number of halogens is 2. The fraction of sp³-hybridized carbons (Fsp3) is 0.120. The van der Waals surface area contributed by atoms with E-state index < -0.39 is 27.8 Å². The maximum atomic E-state index is 14.7. The lowest BCUT2D eigenvalue weighted by Crippen LogP contribution is -2.35. The molecule has 0 aliphatic carbocycles. The molecule has 1 N–H and O–H groups in total. The lowest BCUT2D eigenvalue weighted by Gasteiger charge is -2.23. The molecule has 0 spiro atoms. The standard InChI is InChI=1S/C25H20F2N2O4S/c1-18-11-13-21(14-12-18)34(32,33)29(22-10-6-5-9-20(22)17-28)16-15-23(30)25(26,27)24(31)19-7-3-2-4-8-19/h2-16,24,31H,1H3/b16-15+. The van der Waals surface area contributed by atoms with Crippen molar-refractivity contribution in [3.8, 4) is 6.07 Å². The first kappa shape index (κ1) is 24.8. The van der Waals surface area contributed by atoms with Crippen LogP contribution in [0.1, 0.15) is 22.8 Å². The fourth-order valence-electron chi connectivity index (χ4n) is 3.10. The van der Waals surface area contributed by atoms with Gasteiger partial charge in [0.15, 0.2) is 6.10 Å². The number of para-hydroxylation sites is 1. The van der Waals surface area contributed by atoms with Crippen molar-refractivity contribution < 1.29 is 27.1 Å². The zero-order chi connectivity index (χ0) is 24.9. The number of benzene rings is 3. The normalized spacial score (nSPS) is 12.8. The highest BCUT2D eigenvalue weighted by molar-refractivity contribution is 7.93. The van der Waals surface area contributed by atoms with Crippen LogP contribution in [-0.4, -0.2) is 25.2 Å². The summed E-state index contributed by atoms with van der Waals surface area (Å²) in [5.74, 6) is -6.03. The molecule has 3 rings (SSSR count). The van der Waals surface area contributed by atoms with E-state index in [1.807, 2.05) is 6.07 Å². The molecule has 0 amide bonds. The molecule has 0 saturated carbocycles. The number of aliphatic hydroxyl groups is 1. The summed E-state index contributed by atoms with van der Waals surface area (Å²) in [6, 6.07) is 20.2. The van der Waals surface area contributed by atoms with Gasteiger partial charge in [-0.3, -0.25) is 4.79 Å². The number of anilines is 1. The number of nitrogens with zero attached hydrogens (tertiary/aromatic N) is 2. The average molecular weight is 483 g/mol. The second-order valence-corrected chi connectivity index (χ2v) is 9.17. The maximum Gasteiger partial charge on any atom is 0.338 e. The van der Waals surface area contributed by atoms with Gasteiger partial charge >= 0.3 is 5.92 Å². The molecule has 6 nitrogen and oxygen atoms in total. The van der Waals surface area contributed by atoms with Crippen LogP contribution in [0, 0.1) is 18.3 Å². The van der Waals surface area contributed by atoms with E-state index >= 15 is 0 Å². The Bertz CT molecular complexity index is 1350. The molecule has 0 heterocycles. The van der Waals surface area contributed by atoms with Gasteiger partial charge in [-0.05, 0) is 36.8 Å². The molecule has 0 aliphatic heterocycles. The minimum Gasteiger partial charge on any atom is -0.382 e. The summed E-state index contributed by atoms with van der Waals surface area (Å²) in [6.45, 7) is 1.76. The number of aryl methyl sites for hydroxylation is 1. The molecular weight excluding hydrogens is 462 g/mol. The lowest BCUT2D eigenvalue weighted by molar-refractivity contribution is -0.156. The maximum absolute atomic E-state index is 14.7. The van der Waals surface area contributed by atoms with Gasteiger partial charge in [0.25, 0.3) is 10.0 Å². The molecule has 0 aromatic heterocycles. The summed E-state index contributed by atoms with van der Waals surface area (Å²) in [5.41, 5.74) is 0.448. The Balaban J connectivity index is 2.04. The Labute approximate surface area is 196 Å². The van der Waals surface area contributed by atoms with Crippen LogP contribution >= 0.6 is 0 Å². The number of hydrogen-bond donors (Lipinski definition) is 1. The summed E-state index contributed by atoms with van der Waals surface area (Å²) in [5, 5.41) is 19.5. The first-order valence-corrected chi connectivity index (χ1v) is 11.5. The first-order chi connectivity index (χ1) is 16.1. The number of nitriles is 1. The van der Waals surface area contributed by atoms with Gasteiger partial charge in [0.1, 0.15) is 6.07 Å². The number of rotatable bonds is 8. The van der Waals surface area contributed by atoms with Crippen LogP contribution in [-0.2, 0) is 14.8 Å². The third-order valence-electron chi connectivity index (χ3n) is 4.99. The van der Waals surface area contributed by atoms with Crippen LogP contribution < -0.4 is 4.31 Å². The SMILES string of the molecule is Cc1ccc(S(=O)(=O)N(/C=C/C(=O)C(F)(F)C(O)c2ccccc2)c2ccccc2C#N)cc1. The van der Waals surface area contributed by atoms with E-state index in [9.17, 15) is 32.4 Å². The van der Waals surface area contributed by atoms with Gasteiger partial charge in [-0.15, -0.1) is 0 Å². The van der Waals surface area contributed by atoms with Crippen LogP contribution in [0.3, 0.4) is 0 Å². The Kier molecular flexibility index (Phi) is 7.25. The largest absolute Gasteiger partial charge is 0.382 e. The molecule has 3 aromatic carbocycles. The Morgan fingerprint density at radius 3 is 2.24 bits per heavy atom. The third kappa shape index (κ3) is 5.03. The van der Waals surface area contributed by atoms with Gasteiger partial charge < -0.3 is 5.11 Å². The molecule has 9 heteroatoms. The van der Waals surface area contributed by atoms with Crippen LogP contribution in [0.5, 0.6) is 0 Å². The predicted molar refractivity (Wildman–Crippen MR) is 122 cm³/mol. The van der Waals surface area contributed by atoms with Crippen molar-refractivity contribution in [2.45, 2.75) is 23.8 Å². The van der Waals surface area contributed by atoms with E-state index in [0.717, 1.165) is 5.56 Å². The number of allylic oxidation sites excluding steroid dienone is 1. The monoisotopic (exact) mass is 482 g/mol. The van der Waals surface area contributed by atoms with Gasteiger partial charge in [0.05, 0.1) is 16.1 Å². The zero-order valence-electron chi connectivity index (χ0n) is 18.0. The van der Waals surface area contributed by atoms with Crippen molar-refractivity contribution in [2.24, 2.45) is 0 Å². The zero-order valence-corrected chi connectivity index (χ0v) is 18.8. The fourth-order valence-corrected chi connectivity index (χ4v) is 4.45. The molecule has 0 saturated heterocycles. The number of sulfonamides is 1. The van der Waals surface area contributed by atoms with Gasteiger partial charge in [0.2, 0.25) is 5.78 Å². The van der Waals surface area contributed by atoms with Gasteiger partial charge in [-0.1, -0.05) is 60.2 Å². The third-order valence-corrected chi connectivity index (χ3v) is 6.69.